The Kier molecular flexibility index (Phi) is 3.67. The van der Waals surface area contributed by atoms with E-state index in [0.717, 1.165) is 11.1 Å². The highest BCUT2D eigenvalue weighted by Gasteiger charge is 2.69. The van der Waals surface area contributed by atoms with Crippen LogP contribution in [-0.2, 0) is 26.3 Å². The van der Waals surface area contributed by atoms with Crippen molar-refractivity contribution in [3.8, 4) is 0 Å². The summed E-state index contributed by atoms with van der Waals surface area (Å²) in [6.45, 7) is 2.22. The van der Waals surface area contributed by atoms with Gasteiger partial charge in [-0.3, -0.25) is 24.6 Å². The third kappa shape index (κ3) is 2.15. The molecule has 3 amide bonds. The summed E-state index contributed by atoms with van der Waals surface area (Å²) in [6.07, 6.45) is 0.607. The van der Waals surface area contributed by atoms with Crippen LogP contribution in [0.1, 0.15) is 18.1 Å². The van der Waals surface area contributed by atoms with E-state index in [1.807, 2.05) is 61.5 Å². The van der Waals surface area contributed by atoms with Crippen molar-refractivity contribution in [1.29, 1.82) is 0 Å². The van der Waals surface area contributed by atoms with E-state index in [1.54, 1.807) is 0 Å². The van der Waals surface area contributed by atoms with Crippen LogP contribution in [0.15, 0.2) is 54.6 Å². The number of likely N-dealkylation sites (tertiary alicyclic amines) is 1. The summed E-state index contributed by atoms with van der Waals surface area (Å²) >= 11 is 0. The molecule has 3 aliphatic heterocycles. The second-order valence-corrected chi connectivity index (χ2v) is 7.81. The molecule has 5 rings (SSSR count). The number of carbonyl (C=O) groups is 3. The number of rotatable bonds is 3. The van der Waals surface area contributed by atoms with Gasteiger partial charge in [0.1, 0.15) is 5.54 Å². The van der Waals surface area contributed by atoms with Crippen molar-refractivity contribution in [3.63, 3.8) is 0 Å². The fourth-order valence-electron chi connectivity index (χ4n) is 5.09. The molecule has 2 fully saturated rings. The van der Waals surface area contributed by atoms with Crippen molar-refractivity contribution < 1.29 is 14.4 Å². The van der Waals surface area contributed by atoms with Crippen LogP contribution >= 0.6 is 0 Å². The van der Waals surface area contributed by atoms with E-state index in [4.69, 9.17) is 0 Å². The number of amides is 3. The number of nitrogens with one attached hydrogen (secondary N) is 2. The SMILES string of the molecule is C[C@@H]1N[C@]2(C(=O)Nc3ccccc32)[C@@H]2C(=O)N(CCc3ccccc3)C(=O)[C@H]12. The zero-order valence-electron chi connectivity index (χ0n) is 15.5. The smallest absolute Gasteiger partial charge is 0.250 e. The van der Waals surface area contributed by atoms with Gasteiger partial charge in [-0.15, -0.1) is 0 Å². The normalized spacial score (nSPS) is 30.7. The van der Waals surface area contributed by atoms with Gasteiger partial charge < -0.3 is 5.32 Å². The Morgan fingerprint density at radius 2 is 1.68 bits per heavy atom. The van der Waals surface area contributed by atoms with Crippen LogP contribution in [0.25, 0.3) is 0 Å². The monoisotopic (exact) mass is 375 g/mol. The van der Waals surface area contributed by atoms with E-state index in [1.165, 1.54) is 4.90 Å². The van der Waals surface area contributed by atoms with E-state index in [0.29, 0.717) is 18.7 Å². The molecule has 2 saturated heterocycles. The van der Waals surface area contributed by atoms with Crippen LogP contribution in [-0.4, -0.2) is 35.2 Å². The number of carbonyl (C=O) groups excluding carboxylic acids is 3. The fraction of sp³-hybridized carbons (Fsp3) is 0.318. The maximum Gasteiger partial charge on any atom is 0.250 e. The van der Waals surface area contributed by atoms with Gasteiger partial charge in [0, 0.05) is 23.8 Å². The first-order valence-electron chi connectivity index (χ1n) is 9.62. The van der Waals surface area contributed by atoms with Gasteiger partial charge in [-0.1, -0.05) is 48.5 Å². The average molecular weight is 375 g/mol. The largest absolute Gasteiger partial charge is 0.324 e. The molecule has 142 valence electrons. The van der Waals surface area contributed by atoms with E-state index in [9.17, 15) is 14.4 Å². The molecule has 0 aromatic heterocycles. The molecule has 0 unspecified atom stereocenters. The lowest BCUT2D eigenvalue weighted by molar-refractivity contribution is -0.142. The maximum absolute atomic E-state index is 13.4. The Morgan fingerprint density at radius 3 is 2.46 bits per heavy atom. The second-order valence-electron chi connectivity index (χ2n) is 7.81. The Bertz CT molecular complexity index is 990. The van der Waals surface area contributed by atoms with E-state index >= 15 is 0 Å². The molecule has 0 radical (unpaired) electrons. The average Bonchev–Trinajstić information content (AvgIpc) is 3.26. The quantitative estimate of drug-likeness (QED) is 0.800. The number of imide groups is 1. The molecule has 0 saturated carbocycles. The highest BCUT2D eigenvalue weighted by molar-refractivity contribution is 6.15. The second kappa shape index (κ2) is 6.01. The molecular formula is C22H21N3O3. The first-order chi connectivity index (χ1) is 13.5. The van der Waals surface area contributed by atoms with Crippen molar-refractivity contribution in [2.24, 2.45) is 11.8 Å². The molecule has 28 heavy (non-hydrogen) atoms. The van der Waals surface area contributed by atoms with Crippen molar-refractivity contribution in [1.82, 2.24) is 10.2 Å². The third-order valence-corrected chi connectivity index (χ3v) is 6.33. The molecule has 0 aliphatic carbocycles. The van der Waals surface area contributed by atoms with Crippen LogP contribution in [0.5, 0.6) is 0 Å². The summed E-state index contributed by atoms with van der Waals surface area (Å²) in [5.74, 6) is -1.93. The van der Waals surface area contributed by atoms with Crippen LogP contribution < -0.4 is 10.6 Å². The van der Waals surface area contributed by atoms with E-state index < -0.39 is 17.4 Å². The highest BCUT2D eigenvalue weighted by Crippen LogP contribution is 2.52. The summed E-state index contributed by atoms with van der Waals surface area (Å²) in [6, 6.07) is 16.9. The molecule has 2 aromatic carbocycles. The molecule has 6 heteroatoms. The summed E-state index contributed by atoms with van der Waals surface area (Å²) in [5.41, 5.74) is 1.36. The first kappa shape index (κ1) is 17.1. The minimum absolute atomic E-state index is 0.181. The van der Waals surface area contributed by atoms with Gasteiger partial charge in [-0.2, -0.15) is 0 Å². The van der Waals surface area contributed by atoms with E-state index in [-0.39, 0.29) is 23.8 Å². The Hall–Kier alpha value is -2.99. The van der Waals surface area contributed by atoms with Gasteiger partial charge >= 0.3 is 0 Å². The summed E-state index contributed by atoms with van der Waals surface area (Å²) in [4.78, 5) is 40.9. The molecule has 2 aromatic rings. The predicted octanol–water partition coefficient (Wildman–Crippen LogP) is 1.67. The highest BCUT2D eigenvalue weighted by atomic mass is 16.2. The Morgan fingerprint density at radius 1 is 0.964 bits per heavy atom. The minimum atomic E-state index is -1.17. The van der Waals surface area contributed by atoms with Crippen molar-refractivity contribution in [3.05, 3.63) is 65.7 Å². The number of benzene rings is 2. The standard InChI is InChI=1S/C22H21N3O3/c1-13-17-18(22(24-13)15-9-5-6-10-16(15)23-21(22)28)20(27)25(19(17)26)12-11-14-7-3-2-4-8-14/h2-10,13,17-18,24H,11-12H2,1H3,(H,23,28)/t13-,17+,18-,22-/m0/s1. The zero-order chi connectivity index (χ0) is 19.5. The van der Waals surface area contributed by atoms with Gasteiger partial charge in [-0.05, 0) is 25.0 Å². The van der Waals surface area contributed by atoms with Gasteiger partial charge in [0.15, 0.2) is 0 Å². The third-order valence-electron chi connectivity index (χ3n) is 6.33. The van der Waals surface area contributed by atoms with Crippen molar-refractivity contribution in [2.45, 2.75) is 24.9 Å². The molecule has 4 atom stereocenters. The summed E-state index contributed by atoms with van der Waals surface area (Å²) in [5, 5.41) is 6.20. The maximum atomic E-state index is 13.4. The number of nitrogens with zero attached hydrogens (tertiary/aromatic N) is 1. The molecule has 3 heterocycles. The van der Waals surface area contributed by atoms with Gasteiger partial charge in [0.05, 0.1) is 11.8 Å². The summed E-state index contributed by atoms with van der Waals surface area (Å²) < 4.78 is 0. The van der Waals surface area contributed by atoms with Gasteiger partial charge in [0.2, 0.25) is 17.7 Å². The molecule has 0 bridgehead atoms. The van der Waals surface area contributed by atoms with E-state index in [2.05, 4.69) is 10.6 Å². The molecule has 6 nitrogen and oxygen atoms in total. The minimum Gasteiger partial charge on any atom is -0.324 e. The lowest BCUT2D eigenvalue weighted by atomic mass is 9.76. The fourth-order valence-corrected chi connectivity index (χ4v) is 5.09. The Labute approximate surface area is 162 Å². The number of hydrogen-bond acceptors (Lipinski definition) is 4. The van der Waals surface area contributed by atoms with Crippen LogP contribution in [0.4, 0.5) is 5.69 Å². The Balaban J connectivity index is 1.50. The van der Waals surface area contributed by atoms with Crippen LogP contribution in [0.3, 0.4) is 0 Å². The number of fused-ring (bicyclic) bond motifs is 4. The summed E-state index contributed by atoms with van der Waals surface area (Å²) in [7, 11) is 0. The zero-order valence-corrected chi connectivity index (χ0v) is 15.5. The van der Waals surface area contributed by atoms with Crippen LogP contribution in [0, 0.1) is 11.8 Å². The van der Waals surface area contributed by atoms with Crippen molar-refractivity contribution in [2.75, 3.05) is 11.9 Å². The predicted molar refractivity (Wildman–Crippen MR) is 103 cm³/mol. The molecule has 1 spiro atoms. The molecule has 3 aliphatic rings. The number of anilines is 1. The molecular weight excluding hydrogens is 354 g/mol. The lowest BCUT2D eigenvalue weighted by Gasteiger charge is -2.29. The van der Waals surface area contributed by atoms with Crippen molar-refractivity contribution >= 4 is 23.4 Å². The number of para-hydroxylation sites is 1. The van der Waals surface area contributed by atoms with Crippen LogP contribution in [0.2, 0.25) is 0 Å². The topological polar surface area (TPSA) is 78.5 Å². The number of hydrogen-bond donors (Lipinski definition) is 2. The lowest BCUT2D eigenvalue weighted by Crippen LogP contribution is -2.53. The van der Waals surface area contributed by atoms with Gasteiger partial charge in [0.25, 0.3) is 0 Å². The first-order valence-corrected chi connectivity index (χ1v) is 9.62. The molecule has 2 N–H and O–H groups in total. The van der Waals surface area contributed by atoms with Gasteiger partial charge in [-0.25, -0.2) is 0 Å².